The number of aromatic nitrogens is 4. The van der Waals surface area contributed by atoms with E-state index in [0.717, 1.165) is 10.9 Å². The lowest BCUT2D eigenvalue weighted by molar-refractivity contribution is 0.0948. The van der Waals surface area contributed by atoms with Gasteiger partial charge >= 0.3 is 0 Å². The van der Waals surface area contributed by atoms with Crippen molar-refractivity contribution in [3.63, 3.8) is 0 Å². The van der Waals surface area contributed by atoms with Gasteiger partial charge in [-0.15, -0.1) is 0 Å². The SMILES string of the molecule is O=C(NCCn1ncccc1=O)c1n[nH]c2ccccc12. The van der Waals surface area contributed by atoms with Crippen molar-refractivity contribution >= 4 is 16.8 Å². The summed E-state index contributed by atoms with van der Waals surface area (Å²) in [5.41, 5.74) is 0.958. The van der Waals surface area contributed by atoms with Gasteiger partial charge in [0.2, 0.25) is 0 Å². The highest BCUT2D eigenvalue weighted by Gasteiger charge is 2.12. The number of para-hydroxylation sites is 1. The quantitative estimate of drug-likeness (QED) is 0.731. The van der Waals surface area contributed by atoms with E-state index in [1.165, 1.54) is 16.9 Å². The lowest BCUT2D eigenvalue weighted by atomic mass is 10.2. The van der Waals surface area contributed by atoms with Crippen molar-refractivity contribution in [2.24, 2.45) is 0 Å². The molecule has 0 saturated heterocycles. The van der Waals surface area contributed by atoms with Gasteiger partial charge in [0.25, 0.3) is 11.5 Å². The molecule has 0 atom stereocenters. The Balaban J connectivity index is 1.67. The molecule has 0 fully saturated rings. The molecule has 21 heavy (non-hydrogen) atoms. The maximum Gasteiger partial charge on any atom is 0.272 e. The molecule has 1 amide bonds. The molecule has 7 heteroatoms. The molecule has 0 unspecified atom stereocenters. The summed E-state index contributed by atoms with van der Waals surface area (Å²) in [5, 5.41) is 14.2. The highest BCUT2D eigenvalue weighted by atomic mass is 16.2. The van der Waals surface area contributed by atoms with E-state index in [9.17, 15) is 9.59 Å². The van der Waals surface area contributed by atoms with Gasteiger partial charge in [-0.2, -0.15) is 10.2 Å². The predicted molar refractivity (Wildman–Crippen MR) is 76.9 cm³/mol. The molecule has 0 saturated carbocycles. The van der Waals surface area contributed by atoms with Crippen molar-refractivity contribution in [3.8, 4) is 0 Å². The Hall–Kier alpha value is -2.96. The van der Waals surface area contributed by atoms with Crippen LogP contribution in [0, 0.1) is 0 Å². The Morgan fingerprint density at radius 3 is 2.95 bits per heavy atom. The minimum absolute atomic E-state index is 0.197. The summed E-state index contributed by atoms with van der Waals surface area (Å²) < 4.78 is 1.29. The van der Waals surface area contributed by atoms with Gasteiger partial charge in [-0.25, -0.2) is 4.68 Å². The van der Waals surface area contributed by atoms with Crippen LogP contribution in [-0.4, -0.2) is 32.4 Å². The summed E-state index contributed by atoms with van der Waals surface area (Å²) in [5.74, 6) is -0.281. The van der Waals surface area contributed by atoms with Crippen molar-refractivity contribution in [1.29, 1.82) is 0 Å². The van der Waals surface area contributed by atoms with Crippen LogP contribution in [0.1, 0.15) is 10.5 Å². The molecule has 0 radical (unpaired) electrons. The van der Waals surface area contributed by atoms with Gasteiger partial charge in [-0.1, -0.05) is 18.2 Å². The first-order valence-corrected chi connectivity index (χ1v) is 6.49. The zero-order valence-corrected chi connectivity index (χ0v) is 11.1. The Labute approximate surface area is 119 Å². The Bertz CT molecular complexity index is 836. The van der Waals surface area contributed by atoms with E-state index < -0.39 is 0 Å². The van der Waals surface area contributed by atoms with Crippen LogP contribution in [0.15, 0.2) is 47.4 Å². The van der Waals surface area contributed by atoms with Gasteiger partial charge in [-0.3, -0.25) is 14.7 Å². The summed E-state index contributed by atoms with van der Waals surface area (Å²) in [4.78, 5) is 23.6. The summed E-state index contributed by atoms with van der Waals surface area (Å²) in [6, 6.07) is 10.4. The maximum atomic E-state index is 12.1. The van der Waals surface area contributed by atoms with Gasteiger partial charge in [0.1, 0.15) is 0 Å². The molecule has 7 nitrogen and oxygen atoms in total. The zero-order valence-electron chi connectivity index (χ0n) is 11.1. The van der Waals surface area contributed by atoms with Crippen LogP contribution in [0.4, 0.5) is 0 Å². The first-order chi connectivity index (χ1) is 10.3. The largest absolute Gasteiger partial charge is 0.349 e. The molecule has 2 N–H and O–H groups in total. The minimum Gasteiger partial charge on any atom is -0.349 e. The van der Waals surface area contributed by atoms with Crippen LogP contribution in [0.25, 0.3) is 10.9 Å². The second-order valence-electron chi connectivity index (χ2n) is 4.46. The van der Waals surface area contributed by atoms with Crippen molar-refractivity contribution in [3.05, 3.63) is 58.6 Å². The summed E-state index contributed by atoms with van der Waals surface area (Å²) >= 11 is 0. The molecular formula is C14H13N5O2. The van der Waals surface area contributed by atoms with Crippen LogP contribution in [0.3, 0.4) is 0 Å². The van der Waals surface area contributed by atoms with Crippen LogP contribution in [-0.2, 0) is 6.54 Å². The van der Waals surface area contributed by atoms with Gasteiger partial charge < -0.3 is 5.32 Å². The Morgan fingerprint density at radius 1 is 1.24 bits per heavy atom. The fourth-order valence-corrected chi connectivity index (χ4v) is 2.05. The molecule has 106 valence electrons. The molecule has 0 aliphatic heterocycles. The highest BCUT2D eigenvalue weighted by Crippen LogP contribution is 2.14. The van der Waals surface area contributed by atoms with Gasteiger partial charge in [-0.05, 0) is 12.1 Å². The number of rotatable bonds is 4. The maximum absolute atomic E-state index is 12.1. The third-order valence-corrected chi connectivity index (χ3v) is 3.08. The van der Waals surface area contributed by atoms with Gasteiger partial charge in [0.05, 0.1) is 12.1 Å². The molecule has 0 bridgehead atoms. The molecule has 2 aromatic heterocycles. The minimum atomic E-state index is -0.281. The van der Waals surface area contributed by atoms with Crippen LogP contribution < -0.4 is 10.9 Å². The van der Waals surface area contributed by atoms with E-state index in [-0.39, 0.29) is 11.5 Å². The average molecular weight is 283 g/mol. The number of nitrogens with one attached hydrogen (secondary N) is 2. The van der Waals surface area contributed by atoms with Gasteiger partial charge in [0.15, 0.2) is 5.69 Å². The van der Waals surface area contributed by atoms with E-state index in [4.69, 9.17) is 0 Å². The zero-order chi connectivity index (χ0) is 14.7. The van der Waals surface area contributed by atoms with Crippen molar-refractivity contribution in [2.45, 2.75) is 6.54 Å². The normalized spacial score (nSPS) is 10.7. The van der Waals surface area contributed by atoms with E-state index >= 15 is 0 Å². The molecule has 0 aliphatic carbocycles. The monoisotopic (exact) mass is 283 g/mol. The van der Waals surface area contributed by atoms with Crippen LogP contribution in [0.2, 0.25) is 0 Å². The molecule has 1 aromatic carbocycles. The molecule has 0 aliphatic rings. The molecule has 3 aromatic rings. The van der Waals surface area contributed by atoms with E-state index in [1.54, 1.807) is 6.07 Å². The molecule has 2 heterocycles. The van der Waals surface area contributed by atoms with Crippen molar-refractivity contribution in [1.82, 2.24) is 25.3 Å². The number of H-pyrrole nitrogens is 1. The topological polar surface area (TPSA) is 92.7 Å². The van der Waals surface area contributed by atoms with Crippen LogP contribution in [0.5, 0.6) is 0 Å². The number of nitrogens with zero attached hydrogens (tertiary/aromatic N) is 3. The van der Waals surface area contributed by atoms with E-state index in [2.05, 4.69) is 20.6 Å². The number of carbonyl (C=O) groups excluding carboxylic acids is 1. The lowest BCUT2D eigenvalue weighted by Crippen LogP contribution is -2.31. The summed E-state index contributed by atoms with van der Waals surface area (Å²) in [7, 11) is 0. The number of aromatic amines is 1. The fourth-order valence-electron chi connectivity index (χ4n) is 2.05. The Morgan fingerprint density at radius 2 is 2.10 bits per heavy atom. The smallest absolute Gasteiger partial charge is 0.272 e. The third kappa shape index (κ3) is 2.66. The summed E-state index contributed by atoms with van der Waals surface area (Å²) in [6.07, 6.45) is 1.53. The van der Waals surface area contributed by atoms with Gasteiger partial charge in [0, 0.05) is 24.2 Å². The number of amides is 1. The van der Waals surface area contributed by atoms with Crippen molar-refractivity contribution in [2.75, 3.05) is 6.54 Å². The third-order valence-electron chi connectivity index (χ3n) is 3.08. The highest BCUT2D eigenvalue weighted by molar-refractivity contribution is 6.04. The lowest BCUT2D eigenvalue weighted by Gasteiger charge is -2.05. The predicted octanol–water partition coefficient (Wildman–Crippen LogP) is 0.550. The standard InChI is InChI=1S/C14H13N5O2/c20-12-6-3-7-16-19(12)9-8-15-14(21)13-10-4-1-2-5-11(10)17-18-13/h1-7H,8-9H2,(H,15,21)(H,17,18). The number of fused-ring (bicyclic) bond motifs is 1. The second kappa shape index (κ2) is 5.58. The Kier molecular flexibility index (Phi) is 3.46. The van der Waals surface area contributed by atoms with E-state index in [1.807, 2.05) is 24.3 Å². The number of hydrogen-bond acceptors (Lipinski definition) is 4. The first kappa shape index (κ1) is 13.0. The van der Waals surface area contributed by atoms with Crippen LogP contribution >= 0.6 is 0 Å². The molecule has 0 spiro atoms. The summed E-state index contributed by atoms with van der Waals surface area (Å²) in [6.45, 7) is 0.616. The molecule has 3 rings (SSSR count). The fraction of sp³-hybridized carbons (Fsp3) is 0.143. The van der Waals surface area contributed by atoms with E-state index in [0.29, 0.717) is 18.8 Å². The average Bonchev–Trinajstić information content (AvgIpc) is 2.93. The number of carbonyl (C=O) groups is 1. The van der Waals surface area contributed by atoms with Crippen molar-refractivity contribution < 1.29 is 4.79 Å². The number of hydrogen-bond donors (Lipinski definition) is 2. The first-order valence-electron chi connectivity index (χ1n) is 6.49. The number of benzene rings is 1. The second-order valence-corrected chi connectivity index (χ2v) is 4.46. The molecular weight excluding hydrogens is 270 g/mol.